The highest BCUT2D eigenvalue weighted by molar-refractivity contribution is 6.30. The van der Waals surface area contributed by atoms with Crippen molar-refractivity contribution in [3.8, 4) is 0 Å². The number of rotatable bonds is 22. The molecule has 0 spiro atoms. The van der Waals surface area contributed by atoms with Gasteiger partial charge in [-0.3, -0.25) is 24.0 Å². The molecule has 3 aromatic carbocycles. The Kier molecular flexibility index (Phi) is 17.6. The van der Waals surface area contributed by atoms with Crippen molar-refractivity contribution in [2.75, 3.05) is 19.6 Å². The molecule has 0 aliphatic heterocycles. The van der Waals surface area contributed by atoms with Gasteiger partial charge in [-0.2, -0.15) is 0 Å². The molecule has 0 radical (unpaired) electrons. The Bertz CT molecular complexity index is 1990. The number of nitrogens with two attached hydrogens (primary N) is 1. The number of fused-ring (bicyclic) bond motifs is 1. The lowest BCUT2D eigenvalue weighted by atomic mass is 10.0. The topological polar surface area (TPSA) is 208 Å². The summed E-state index contributed by atoms with van der Waals surface area (Å²) in [4.78, 5) is 84.7. The number of carbonyl (C=O) groups is 6. The van der Waals surface area contributed by atoms with Crippen molar-refractivity contribution in [2.24, 2.45) is 5.73 Å². The maximum absolute atomic E-state index is 14.3. The quantitative estimate of drug-likeness (QED) is 0.0465. The van der Waals surface area contributed by atoms with Crippen LogP contribution in [-0.2, 0) is 43.4 Å². The summed E-state index contributed by atoms with van der Waals surface area (Å²) in [6, 6.07) is 20.5. The molecule has 0 saturated carbocycles. The monoisotopic (exact) mass is 814 g/mol. The number of carbonyl (C=O) groups excluding carboxylic acids is 6. The number of halogens is 1. The number of alkyl halides is 1. The van der Waals surface area contributed by atoms with Gasteiger partial charge in [0, 0.05) is 49.6 Å². The van der Waals surface area contributed by atoms with Gasteiger partial charge in [-0.25, -0.2) is 4.79 Å². The Hall–Kier alpha value is -5.89. The van der Waals surface area contributed by atoms with E-state index in [1.54, 1.807) is 6.20 Å². The normalized spacial score (nSPS) is 13.0. The third-order valence-electron chi connectivity index (χ3n) is 9.63. The van der Waals surface area contributed by atoms with Crippen molar-refractivity contribution in [3.63, 3.8) is 0 Å². The number of amides is 7. The largest absolute Gasteiger partial charge is 0.361 e. The molecule has 0 aliphatic rings. The zero-order chi connectivity index (χ0) is 42.0. The van der Waals surface area contributed by atoms with Gasteiger partial charge in [0.05, 0.1) is 6.54 Å². The van der Waals surface area contributed by atoms with Gasteiger partial charge in [-0.05, 0) is 55.9 Å². The van der Waals surface area contributed by atoms with Crippen LogP contribution >= 0.6 is 11.6 Å². The molecule has 0 saturated heterocycles. The summed E-state index contributed by atoms with van der Waals surface area (Å²) in [5, 5.41) is 13.8. The number of nitrogens with one attached hydrogen (secondary N) is 6. The summed E-state index contributed by atoms with van der Waals surface area (Å²) in [5.41, 5.74) is 9.58. The molecule has 1 aromatic heterocycles. The first-order chi connectivity index (χ1) is 27.8. The molecule has 7 amide bonds. The van der Waals surface area contributed by atoms with Gasteiger partial charge in [-0.1, -0.05) is 91.7 Å². The molecule has 4 aromatic rings. The number of unbranched alkanes of at least 4 members (excludes halogenated alkanes) is 1. The number of nitrogens with zero attached hydrogens (tertiary/aromatic N) is 1. The molecule has 0 aliphatic carbocycles. The fourth-order valence-electron chi connectivity index (χ4n) is 6.39. The summed E-state index contributed by atoms with van der Waals surface area (Å²) in [6.07, 6.45) is 3.80. The number of H-pyrrole nitrogens is 1. The molecule has 4 rings (SSSR count). The van der Waals surface area contributed by atoms with Gasteiger partial charge >= 0.3 is 6.03 Å². The molecule has 1 unspecified atom stereocenters. The minimum atomic E-state index is -1.16. The van der Waals surface area contributed by atoms with Crippen LogP contribution < -0.4 is 32.3 Å². The van der Waals surface area contributed by atoms with Crippen molar-refractivity contribution < 1.29 is 28.8 Å². The van der Waals surface area contributed by atoms with E-state index in [4.69, 9.17) is 17.3 Å². The van der Waals surface area contributed by atoms with Crippen LogP contribution in [0, 0.1) is 6.92 Å². The minimum absolute atomic E-state index is 0.0612. The Morgan fingerprint density at radius 2 is 1.45 bits per heavy atom. The van der Waals surface area contributed by atoms with Crippen molar-refractivity contribution in [2.45, 2.75) is 89.3 Å². The lowest BCUT2D eigenvalue weighted by molar-refractivity contribution is -0.140. The van der Waals surface area contributed by atoms with Gasteiger partial charge in [0.2, 0.25) is 29.5 Å². The molecule has 14 nitrogen and oxygen atoms in total. The molecular formula is C43H55ClN8O6. The highest BCUT2D eigenvalue weighted by Gasteiger charge is 2.31. The van der Waals surface area contributed by atoms with E-state index >= 15 is 0 Å². The fraction of sp³-hybridized carbons (Fsp3) is 0.395. The first-order valence-corrected chi connectivity index (χ1v) is 20.1. The van der Waals surface area contributed by atoms with Crippen molar-refractivity contribution in [3.05, 3.63) is 107 Å². The lowest BCUT2D eigenvalue weighted by Crippen LogP contribution is -2.57. The number of aromatic amines is 1. The van der Waals surface area contributed by atoms with Crippen LogP contribution in [0.3, 0.4) is 0 Å². The molecule has 8 N–H and O–H groups in total. The number of para-hydroxylation sites is 1. The third-order valence-corrected chi connectivity index (χ3v) is 9.82. The second-order valence-corrected chi connectivity index (χ2v) is 15.0. The highest BCUT2D eigenvalue weighted by Crippen LogP contribution is 2.20. The molecule has 0 bridgehead atoms. The van der Waals surface area contributed by atoms with E-state index < -0.39 is 65.6 Å². The zero-order valence-electron chi connectivity index (χ0n) is 33.3. The van der Waals surface area contributed by atoms with E-state index in [9.17, 15) is 28.8 Å². The number of primary amides is 1. The zero-order valence-corrected chi connectivity index (χ0v) is 34.1. The molecule has 15 heteroatoms. The average molecular weight is 815 g/mol. The first-order valence-electron chi connectivity index (χ1n) is 19.6. The van der Waals surface area contributed by atoms with Crippen molar-refractivity contribution >= 4 is 58.1 Å². The number of benzene rings is 3. The van der Waals surface area contributed by atoms with Gasteiger partial charge in [0.15, 0.2) is 0 Å². The van der Waals surface area contributed by atoms with Crippen LogP contribution in [0.5, 0.6) is 0 Å². The van der Waals surface area contributed by atoms with Crippen LogP contribution in [0.4, 0.5) is 4.79 Å². The summed E-state index contributed by atoms with van der Waals surface area (Å²) in [7, 11) is 0. The predicted molar refractivity (Wildman–Crippen MR) is 225 cm³/mol. The second-order valence-electron chi connectivity index (χ2n) is 14.4. The first kappa shape index (κ1) is 44.8. The summed E-state index contributed by atoms with van der Waals surface area (Å²) >= 11 is 6.08. The molecular weight excluding hydrogens is 760 g/mol. The molecule has 310 valence electrons. The van der Waals surface area contributed by atoms with E-state index in [-0.39, 0.29) is 38.9 Å². The lowest BCUT2D eigenvalue weighted by Gasteiger charge is -2.29. The Morgan fingerprint density at radius 1 is 0.759 bits per heavy atom. The van der Waals surface area contributed by atoms with Crippen molar-refractivity contribution in [1.29, 1.82) is 0 Å². The van der Waals surface area contributed by atoms with E-state index in [0.717, 1.165) is 39.6 Å². The number of hydrogen-bond donors (Lipinski definition) is 7. The van der Waals surface area contributed by atoms with Crippen LogP contribution in [0.25, 0.3) is 10.9 Å². The van der Waals surface area contributed by atoms with Crippen LogP contribution in [0.15, 0.2) is 85.1 Å². The molecule has 58 heavy (non-hydrogen) atoms. The van der Waals surface area contributed by atoms with E-state index in [2.05, 4.69) is 31.6 Å². The maximum atomic E-state index is 14.3. The smallest absolute Gasteiger partial charge is 0.312 e. The number of aryl methyl sites for hydroxylation is 1. The summed E-state index contributed by atoms with van der Waals surface area (Å²) in [5.74, 6) is -2.65. The highest BCUT2D eigenvalue weighted by atomic mass is 35.5. The van der Waals surface area contributed by atoms with Crippen LogP contribution in [0.2, 0.25) is 0 Å². The van der Waals surface area contributed by atoms with Crippen molar-refractivity contribution in [1.82, 2.24) is 36.5 Å². The van der Waals surface area contributed by atoms with E-state index in [1.165, 1.54) is 11.8 Å². The van der Waals surface area contributed by atoms with E-state index in [1.807, 2.05) is 92.7 Å². The number of aromatic nitrogens is 1. The number of hydrogen-bond acceptors (Lipinski definition) is 6. The summed E-state index contributed by atoms with van der Waals surface area (Å²) in [6.45, 7) is 5.66. The Labute approximate surface area is 344 Å². The van der Waals surface area contributed by atoms with Gasteiger partial charge < -0.3 is 42.2 Å². The van der Waals surface area contributed by atoms with Crippen LogP contribution in [-0.4, -0.2) is 88.6 Å². The van der Waals surface area contributed by atoms with Gasteiger partial charge in [-0.15, -0.1) is 11.6 Å². The standard InChI is InChI=1S/C43H55ClN8O6/c1-4-5-22-52(42(57)37(51-39(54)29(3)44)23-30-12-7-6-8-13-30)27-38(53)49-36(24-32-26-47-34-15-10-9-14-33(32)34)41(56)50-35(16-11-21-46-43(45)58)40(55)48-25-31-19-17-28(2)18-20-31/h6-10,12-15,17-20,26,29,35-37,47H,4-5,11,16,21-25,27H2,1-3H3,(H,48,55)(H,49,53)(H,50,56)(H,51,54)(H3,45,46,58)/t29?,35-,36-,37-/m0/s1. The molecule has 0 fully saturated rings. The average Bonchev–Trinajstić information content (AvgIpc) is 3.62. The van der Waals surface area contributed by atoms with Gasteiger partial charge in [0.1, 0.15) is 23.5 Å². The second kappa shape index (κ2) is 22.7. The van der Waals surface area contributed by atoms with E-state index in [0.29, 0.717) is 12.8 Å². The molecule has 1 heterocycles. The Balaban J connectivity index is 1.58. The molecule has 4 atom stereocenters. The Morgan fingerprint density at radius 3 is 2.14 bits per heavy atom. The minimum Gasteiger partial charge on any atom is -0.361 e. The number of urea groups is 1. The summed E-state index contributed by atoms with van der Waals surface area (Å²) < 4.78 is 0. The van der Waals surface area contributed by atoms with Crippen LogP contribution in [0.1, 0.15) is 61.8 Å². The SMILES string of the molecule is CCCCN(CC(=O)N[C@@H](Cc1c[nH]c2ccccc12)C(=O)N[C@@H](CCCNC(N)=O)C(=O)NCc1ccc(C)cc1)C(=O)[C@H](Cc1ccccc1)NC(=O)C(C)Cl. The fourth-order valence-corrected chi connectivity index (χ4v) is 6.46. The van der Waals surface area contributed by atoms with Gasteiger partial charge in [0.25, 0.3) is 0 Å². The maximum Gasteiger partial charge on any atom is 0.312 e. The predicted octanol–water partition coefficient (Wildman–Crippen LogP) is 3.74. The third kappa shape index (κ3) is 14.2.